The van der Waals surface area contributed by atoms with Gasteiger partial charge in [-0.1, -0.05) is 13.8 Å². The number of halogens is 7. The molecule has 5 amide bonds. The van der Waals surface area contributed by atoms with Crippen molar-refractivity contribution in [3.8, 4) is 5.75 Å². The lowest BCUT2D eigenvalue weighted by Crippen LogP contribution is -2.60. The van der Waals surface area contributed by atoms with Crippen molar-refractivity contribution in [2.45, 2.75) is 50.6 Å². The number of likely N-dealkylation sites (tertiary alicyclic amines) is 1. The monoisotopic (exact) mass is 749 g/mol. The third-order valence-corrected chi connectivity index (χ3v) is 8.41. The highest BCUT2D eigenvalue weighted by Crippen LogP contribution is 2.41. The minimum atomic E-state index is -5.08. The summed E-state index contributed by atoms with van der Waals surface area (Å²) < 4.78 is 91.4. The minimum Gasteiger partial charge on any atom is -0.492 e. The van der Waals surface area contributed by atoms with Gasteiger partial charge in [0.05, 0.1) is 11.1 Å². The molecule has 4 rings (SSSR count). The number of likely N-dealkylation sites (N-methyl/N-ethyl adjacent to an activating group) is 2. The quantitative estimate of drug-likeness (QED) is 0.280. The van der Waals surface area contributed by atoms with Crippen LogP contribution in [0, 0.1) is 11.7 Å². The van der Waals surface area contributed by atoms with Crippen molar-refractivity contribution in [1.29, 1.82) is 0 Å². The number of amides is 5. The average Bonchev–Trinajstić information content (AvgIpc) is 3.23. The number of carboxylic acids is 1. The second kappa shape index (κ2) is 16.2. The summed E-state index contributed by atoms with van der Waals surface area (Å²) in [5.41, 5.74) is -2.77. The molecule has 2 aromatic rings. The average molecular weight is 750 g/mol. The molecule has 0 aliphatic carbocycles. The van der Waals surface area contributed by atoms with Crippen LogP contribution >= 0.6 is 0 Å². The molecule has 1 spiro atoms. The molecule has 1 atom stereocenters. The predicted molar refractivity (Wildman–Crippen MR) is 171 cm³/mol. The van der Waals surface area contributed by atoms with Gasteiger partial charge in [-0.15, -0.1) is 0 Å². The second-order valence-corrected chi connectivity index (χ2v) is 12.7. The molecule has 52 heavy (non-hydrogen) atoms. The molecule has 2 aliphatic rings. The number of ether oxygens (including phenoxy) is 1. The lowest BCUT2D eigenvalue weighted by Gasteiger charge is -2.43. The number of aliphatic carboxylic acids is 1. The first-order chi connectivity index (χ1) is 24.0. The van der Waals surface area contributed by atoms with E-state index in [2.05, 4.69) is 5.32 Å². The number of alkyl halides is 6. The third kappa shape index (κ3) is 9.48. The molecule has 0 aromatic heterocycles. The van der Waals surface area contributed by atoms with E-state index in [0.29, 0.717) is 42.8 Å². The summed E-state index contributed by atoms with van der Waals surface area (Å²) in [5.74, 6) is -5.89. The number of hydrogen-bond acceptors (Lipinski definition) is 7. The van der Waals surface area contributed by atoms with Crippen molar-refractivity contribution in [3.63, 3.8) is 0 Å². The van der Waals surface area contributed by atoms with Crippen molar-refractivity contribution in [3.05, 3.63) is 59.4 Å². The molecule has 0 radical (unpaired) electrons. The number of benzene rings is 2. The maximum Gasteiger partial charge on any atom is 0.490 e. The Morgan fingerprint density at radius 1 is 0.981 bits per heavy atom. The minimum absolute atomic E-state index is 0.0605. The van der Waals surface area contributed by atoms with Gasteiger partial charge < -0.3 is 25.0 Å². The zero-order valence-electron chi connectivity index (χ0n) is 28.8. The number of carbonyl (C=O) groups is 5. The zero-order valence-corrected chi connectivity index (χ0v) is 28.8. The molecule has 12 nitrogen and oxygen atoms in total. The van der Waals surface area contributed by atoms with Gasteiger partial charge in [-0.3, -0.25) is 24.2 Å². The molecule has 2 aromatic carbocycles. The van der Waals surface area contributed by atoms with Gasteiger partial charge in [0.1, 0.15) is 29.8 Å². The number of rotatable bonds is 9. The highest BCUT2D eigenvalue weighted by atomic mass is 19.4. The van der Waals surface area contributed by atoms with E-state index in [-0.39, 0.29) is 25.9 Å². The highest BCUT2D eigenvalue weighted by molar-refractivity contribution is 6.16. The Balaban J connectivity index is 0.000000944. The molecule has 2 saturated heterocycles. The number of carboxylic acid groups (broad SMARTS) is 1. The standard InChI is InChI=1S/C31H37F4N5O5.C2HF3O2/c1-19(2)25(36-26(41)23-18-20(31(33,34)35)6-11-24(23)32)27(42)39-14-12-30(13-15-39)28(43)38(5)29(44)40(30)21-7-9-22(10-8-21)45-17-16-37(3)4;3-2(4,5)1(6)7/h6-11,18-19,25H,12-17H2,1-5H3,(H,36,41);(H,6,7)/t25-;/m1./s1. The first-order valence-corrected chi connectivity index (χ1v) is 15.8. The number of hydrogen-bond donors (Lipinski definition) is 2. The fourth-order valence-corrected chi connectivity index (χ4v) is 5.56. The molecule has 0 bridgehead atoms. The molecular weight excluding hydrogens is 711 g/mol. The lowest BCUT2D eigenvalue weighted by atomic mass is 9.85. The van der Waals surface area contributed by atoms with Crippen LogP contribution in [0.3, 0.4) is 0 Å². The van der Waals surface area contributed by atoms with Crippen molar-refractivity contribution < 1.29 is 64.5 Å². The van der Waals surface area contributed by atoms with E-state index in [0.717, 1.165) is 4.90 Å². The number of nitrogens with one attached hydrogen (secondary N) is 1. The second-order valence-electron chi connectivity index (χ2n) is 12.7. The lowest BCUT2D eigenvalue weighted by molar-refractivity contribution is -0.192. The Bertz CT molecular complexity index is 1640. The van der Waals surface area contributed by atoms with Crippen LogP contribution in [0.25, 0.3) is 0 Å². The molecule has 2 aliphatic heterocycles. The van der Waals surface area contributed by atoms with E-state index in [4.69, 9.17) is 14.6 Å². The van der Waals surface area contributed by atoms with Crippen LogP contribution < -0.4 is 15.0 Å². The van der Waals surface area contributed by atoms with Gasteiger partial charge in [0.2, 0.25) is 5.91 Å². The summed E-state index contributed by atoms with van der Waals surface area (Å²) in [6.45, 7) is 4.58. The van der Waals surface area contributed by atoms with Crippen molar-refractivity contribution in [1.82, 2.24) is 20.0 Å². The smallest absolute Gasteiger partial charge is 0.490 e. The Morgan fingerprint density at radius 2 is 1.54 bits per heavy atom. The number of piperidine rings is 1. The fraction of sp³-hybridized carbons (Fsp3) is 0.485. The first-order valence-electron chi connectivity index (χ1n) is 15.8. The molecule has 2 fully saturated rings. The molecule has 0 unspecified atom stereocenters. The summed E-state index contributed by atoms with van der Waals surface area (Å²) >= 11 is 0. The van der Waals surface area contributed by atoms with Gasteiger partial charge >= 0.3 is 24.4 Å². The molecule has 2 N–H and O–H groups in total. The van der Waals surface area contributed by atoms with E-state index < -0.39 is 76.5 Å². The molecular formula is C33H38F7N5O7. The number of carbonyl (C=O) groups excluding carboxylic acids is 4. The topological polar surface area (TPSA) is 140 Å². The summed E-state index contributed by atoms with van der Waals surface area (Å²) in [5, 5.41) is 9.53. The Morgan fingerprint density at radius 3 is 2.02 bits per heavy atom. The van der Waals surface area contributed by atoms with Crippen LogP contribution in [0.2, 0.25) is 0 Å². The fourth-order valence-electron chi connectivity index (χ4n) is 5.56. The Labute approximate surface area is 294 Å². The van der Waals surface area contributed by atoms with Gasteiger partial charge in [0, 0.05) is 32.4 Å². The van der Waals surface area contributed by atoms with E-state index in [1.54, 1.807) is 38.1 Å². The number of anilines is 1. The summed E-state index contributed by atoms with van der Waals surface area (Å²) in [7, 11) is 5.26. The molecule has 286 valence electrons. The van der Waals surface area contributed by atoms with Crippen LogP contribution in [0.5, 0.6) is 5.75 Å². The van der Waals surface area contributed by atoms with Crippen LogP contribution in [0.4, 0.5) is 41.2 Å². The number of urea groups is 1. The van der Waals surface area contributed by atoms with Crippen molar-refractivity contribution in [2.75, 3.05) is 52.3 Å². The third-order valence-electron chi connectivity index (χ3n) is 8.41. The first kappa shape index (κ1) is 41.5. The largest absolute Gasteiger partial charge is 0.492 e. The Kier molecular flexibility index (Phi) is 12.9. The van der Waals surface area contributed by atoms with Crippen molar-refractivity contribution >= 4 is 35.4 Å². The maximum absolute atomic E-state index is 14.4. The Hall–Kier alpha value is -4.94. The number of nitrogens with zero attached hydrogens (tertiary/aromatic N) is 4. The van der Waals surface area contributed by atoms with Gasteiger partial charge in [0.15, 0.2) is 0 Å². The van der Waals surface area contributed by atoms with Crippen LogP contribution in [0.15, 0.2) is 42.5 Å². The van der Waals surface area contributed by atoms with Crippen LogP contribution in [-0.2, 0) is 20.6 Å². The van der Waals surface area contributed by atoms with E-state index in [9.17, 15) is 49.9 Å². The van der Waals surface area contributed by atoms with E-state index in [1.165, 1.54) is 16.8 Å². The summed E-state index contributed by atoms with van der Waals surface area (Å²) in [6, 6.07) is 6.66. The van der Waals surface area contributed by atoms with E-state index >= 15 is 0 Å². The van der Waals surface area contributed by atoms with Gasteiger partial charge in [-0.2, -0.15) is 26.3 Å². The van der Waals surface area contributed by atoms with Gasteiger partial charge in [-0.25, -0.2) is 14.0 Å². The molecule has 0 saturated carbocycles. The number of imide groups is 1. The molecule has 2 heterocycles. The normalized spacial score (nSPS) is 16.6. The predicted octanol–water partition coefficient (Wildman–Crippen LogP) is 4.63. The SMILES string of the molecule is CC(C)[C@@H](NC(=O)c1cc(C(F)(F)F)ccc1F)C(=O)N1CCC2(CC1)C(=O)N(C)C(=O)N2c1ccc(OCCN(C)C)cc1.O=C(O)C(F)(F)F. The summed E-state index contributed by atoms with van der Waals surface area (Å²) in [6.07, 6.45) is -9.66. The van der Waals surface area contributed by atoms with Gasteiger partial charge in [-0.05, 0) is 75.3 Å². The highest BCUT2D eigenvalue weighted by Gasteiger charge is 2.58. The summed E-state index contributed by atoms with van der Waals surface area (Å²) in [4.78, 5) is 68.0. The van der Waals surface area contributed by atoms with Crippen LogP contribution in [0.1, 0.15) is 42.6 Å². The van der Waals surface area contributed by atoms with E-state index in [1.807, 2.05) is 19.0 Å². The zero-order chi connectivity index (χ0) is 39.3. The van der Waals surface area contributed by atoms with Crippen LogP contribution in [-0.4, -0.2) is 115 Å². The maximum atomic E-state index is 14.4. The van der Waals surface area contributed by atoms with Gasteiger partial charge in [0.25, 0.3) is 11.8 Å². The molecule has 19 heteroatoms. The van der Waals surface area contributed by atoms with Crippen molar-refractivity contribution in [2.24, 2.45) is 5.92 Å².